The summed E-state index contributed by atoms with van der Waals surface area (Å²) in [5.41, 5.74) is 3.07. The van der Waals surface area contributed by atoms with E-state index < -0.39 is 36.0 Å². The van der Waals surface area contributed by atoms with E-state index >= 15 is 0 Å². The number of rotatable bonds is 26. The molecule has 1 N–H and O–H groups in total. The molecule has 2 aliphatic heterocycles. The van der Waals surface area contributed by atoms with Crippen molar-refractivity contribution in [3.8, 4) is 0 Å². The van der Waals surface area contributed by atoms with Crippen LogP contribution < -0.4 is 11.2 Å². The first kappa shape index (κ1) is 43.1. The number of allylic oxidation sites excluding steroid dienone is 6. The molecule has 0 spiro atoms. The van der Waals surface area contributed by atoms with Crippen LogP contribution in [0.25, 0.3) is 0 Å². The van der Waals surface area contributed by atoms with Gasteiger partial charge in [-0.2, -0.15) is 0 Å². The highest BCUT2D eigenvalue weighted by molar-refractivity contribution is 5.06. The zero-order chi connectivity index (χ0) is 37.1. The summed E-state index contributed by atoms with van der Waals surface area (Å²) in [6, 6.07) is 1.42. The Balaban J connectivity index is 1.71. The first-order valence-corrected chi connectivity index (χ1v) is 20.5. The number of aromatic nitrogens is 2. The molecular weight excluding hydrogens is 640 g/mol. The molecule has 0 amide bonds. The van der Waals surface area contributed by atoms with Crippen LogP contribution in [0.15, 0.2) is 56.8 Å². The average molecular weight is 713 g/mol. The number of aliphatic hydroxyl groups is 1. The molecule has 1 aromatic rings. The molecule has 0 aliphatic carbocycles. The molecule has 2 saturated heterocycles. The second-order valence-electron chi connectivity index (χ2n) is 15.5. The number of aliphatic hydroxyl groups excluding tert-OH is 1. The first-order valence-electron chi connectivity index (χ1n) is 20.5. The molecule has 51 heavy (non-hydrogen) atoms. The third kappa shape index (κ3) is 14.2. The van der Waals surface area contributed by atoms with E-state index in [-0.39, 0.29) is 18.7 Å². The first-order chi connectivity index (χ1) is 24.6. The quantitative estimate of drug-likeness (QED) is 0.0760. The molecule has 8 nitrogen and oxygen atoms in total. The lowest BCUT2D eigenvalue weighted by molar-refractivity contribution is -0.228. The maximum atomic E-state index is 13.9. The third-order valence-electron chi connectivity index (χ3n) is 10.6. The zero-order valence-electron chi connectivity index (χ0n) is 33.1. The second kappa shape index (κ2) is 23.4. The van der Waals surface area contributed by atoms with Crippen LogP contribution >= 0.6 is 0 Å². The minimum Gasteiger partial charge on any atom is -0.394 e. The molecule has 0 saturated carbocycles. The predicted octanol–water partition coefficient (Wildman–Crippen LogP) is 10.1. The molecule has 0 unspecified atom stereocenters. The Labute approximate surface area is 309 Å². The van der Waals surface area contributed by atoms with Gasteiger partial charge in [-0.15, -0.1) is 0 Å². The van der Waals surface area contributed by atoms with E-state index in [1.165, 1.54) is 96.8 Å². The molecular formula is C43H72N2O6. The summed E-state index contributed by atoms with van der Waals surface area (Å²) in [6.45, 7) is 12.9. The van der Waals surface area contributed by atoms with Crippen molar-refractivity contribution in [2.24, 2.45) is 0 Å². The Morgan fingerprint density at radius 1 is 0.745 bits per heavy atom. The topological polar surface area (TPSA) is 91.9 Å². The zero-order valence-corrected chi connectivity index (χ0v) is 33.1. The third-order valence-corrected chi connectivity index (χ3v) is 10.6. The van der Waals surface area contributed by atoms with Crippen molar-refractivity contribution in [3.05, 3.63) is 68.0 Å². The monoisotopic (exact) mass is 713 g/mol. The van der Waals surface area contributed by atoms with Crippen LogP contribution in [0.3, 0.4) is 0 Å². The number of hydrogen-bond acceptors (Lipinski definition) is 6. The Morgan fingerprint density at radius 2 is 1.27 bits per heavy atom. The van der Waals surface area contributed by atoms with Crippen molar-refractivity contribution < 1.29 is 19.3 Å². The lowest BCUT2D eigenvalue weighted by Gasteiger charge is -2.31. The van der Waals surface area contributed by atoms with Crippen LogP contribution in [0, 0.1) is 0 Å². The van der Waals surface area contributed by atoms with Crippen LogP contribution in [0.4, 0.5) is 0 Å². The molecule has 1 aromatic heterocycles. The van der Waals surface area contributed by atoms with Crippen LogP contribution in [0.2, 0.25) is 0 Å². The van der Waals surface area contributed by atoms with Crippen LogP contribution in [0.5, 0.6) is 0 Å². The van der Waals surface area contributed by atoms with Crippen molar-refractivity contribution in [1.29, 1.82) is 0 Å². The Hall–Kier alpha value is -2.26. The maximum absolute atomic E-state index is 13.9. The number of unbranched alkanes of at least 4 members (excludes halogenated alkanes) is 12. The van der Waals surface area contributed by atoms with Crippen LogP contribution in [-0.2, 0) is 20.8 Å². The van der Waals surface area contributed by atoms with Crippen molar-refractivity contribution in [2.45, 2.75) is 207 Å². The van der Waals surface area contributed by atoms with Gasteiger partial charge in [-0.25, -0.2) is 4.79 Å². The molecule has 2 fully saturated rings. The second-order valence-corrected chi connectivity index (χ2v) is 15.5. The Kier molecular flexibility index (Phi) is 19.8. The molecule has 0 bridgehead atoms. The highest BCUT2D eigenvalue weighted by Gasteiger charge is 2.58. The van der Waals surface area contributed by atoms with Gasteiger partial charge in [0.15, 0.2) is 12.0 Å². The minimum absolute atomic E-state index is 0.190. The lowest BCUT2D eigenvalue weighted by Crippen LogP contribution is -2.43. The van der Waals surface area contributed by atoms with Gasteiger partial charge in [0.1, 0.15) is 18.3 Å². The van der Waals surface area contributed by atoms with E-state index in [0.717, 1.165) is 69.8 Å². The molecule has 4 atom stereocenters. The van der Waals surface area contributed by atoms with Gasteiger partial charge in [0.05, 0.1) is 6.61 Å². The van der Waals surface area contributed by atoms with Gasteiger partial charge in [0, 0.05) is 31.6 Å². The van der Waals surface area contributed by atoms with Gasteiger partial charge in [-0.3, -0.25) is 13.9 Å². The van der Waals surface area contributed by atoms with Crippen molar-refractivity contribution in [3.63, 3.8) is 0 Å². The lowest BCUT2D eigenvalue weighted by atomic mass is 9.98. The van der Waals surface area contributed by atoms with Crippen LogP contribution in [-0.4, -0.2) is 44.9 Å². The summed E-state index contributed by atoms with van der Waals surface area (Å²) in [5, 5.41) is 10.3. The largest absolute Gasteiger partial charge is 0.394 e. The Morgan fingerprint density at radius 3 is 1.84 bits per heavy atom. The van der Waals surface area contributed by atoms with Gasteiger partial charge in [-0.1, -0.05) is 126 Å². The maximum Gasteiger partial charge on any atom is 0.333 e. The summed E-state index contributed by atoms with van der Waals surface area (Å²) >= 11 is 0. The SMILES string of the molecule is CCCCCCCCCC1(CCCCCCCCC)O[C@@H]2[C@H](O1)[C@@H](CO)O[C@H]2n1ccc(=O)n(CC=C(C)CCC=C(C)CCC=C(C)C)c1=O. The molecule has 8 heteroatoms. The van der Waals surface area contributed by atoms with E-state index in [2.05, 4.69) is 53.7 Å². The molecule has 0 radical (unpaired) electrons. The number of nitrogens with zero attached hydrogens (tertiary/aromatic N) is 2. The highest BCUT2D eigenvalue weighted by atomic mass is 16.8. The van der Waals surface area contributed by atoms with E-state index in [1.807, 2.05) is 6.08 Å². The molecule has 3 rings (SSSR count). The van der Waals surface area contributed by atoms with Gasteiger partial charge in [-0.05, 0) is 66.2 Å². The fraction of sp³-hybridized carbons (Fsp3) is 0.767. The molecule has 3 heterocycles. The van der Waals surface area contributed by atoms with Crippen molar-refractivity contribution in [1.82, 2.24) is 9.13 Å². The van der Waals surface area contributed by atoms with E-state index in [0.29, 0.717) is 0 Å². The smallest absolute Gasteiger partial charge is 0.333 e. The summed E-state index contributed by atoms with van der Waals surface area (Å²) in [7, 11) is 0. The number of fused-ring (bicyclic) bond motifs is 1. The number of hydrogen-bond donors (Lipinski definition) is 1. The normalized spacial score (nSPS) is 21.7. The van der Waals surface area contributed by atoms with Crippen molar-refractivity contribution in [2.75, 3.05) is 6.61 Å². The van der Waals surface area contributed by atoms with Gasteiger partial charge in [0.2, 0.25) is 0 Å². The van der Waals surface area contributed by atoms with Gasteiger partial charge in [0.25, 0.3) is 5.56 Å². The van der Waals surface area contributed by atoms with Crippen molar-refractivity contribution >= 4 is 0 Å². The van der Waals surface area contributed by atoms with E-state index in [4.69, 9.17) is 14.2 Å². The summed E-state index contributed by atoms with van der Waals surface area (Å²) in [6.07, 6.45) is 28.0. The van der Waals surface area contributed by atoms with Gasteiger partial charge >= 0.3 is 5.69 Å². The fourth-order valence-electron chi connectivity index (χ4n) is 7.41. The summed E-state index contributed by atoms with van der Waals surface area (Å²) in [4.78, 5) is 26.8. The Bertz CT molecular complexity index is 1330. The average Bonchev–Trinajstić information content (AvgIpc) is 3.63. The van der Waals surface area contributed by atoms with E-state index in [1.54, 1.807) is 0 Å². The molecule has 0 aromatic carbocycles. The summed E-state index contributed by atoms with van der Waals surface area (Å²) in [5.74, 6) is -0.756. The van der Waals surface area contributed by atoms with Gasteiger partial charge < -0.3 is 19.3 Å². The highest BCUT2D eigenvalue weighted by Crippen LogP contribution is 2.46. The number of ether oxygens (including phenoxy) is 3. The standard InChI is InChI=1S/C43H72N2O6/c1-7-9-11-13-15-17-19-29-43(30-20-18-16-14-12-10-8-2)50-39-37(33-46)49-41(40(39)51-43)45-32-28-38(47)44(42(45)48)31-27-36(6)26-22-25-35(5)24-21-23-34(3)4/h23,25,27-28,32,37,39-41,46H,7-22,24,26,29-31,33H2,1-6H3/t37-,39-,40-,41-/m1/s1. The minimum atomic E-state index is -0.791. The van der Waals surface area contributed by atoms with Crippen LogP contribution in [0.1, 0.15) is 176 Å². The summed E-state index contributed by atoms with van der Waals surface area (Å²) < 4.78 is 22.6. The molecule has 290 valence electrons. The molecule has 2 aliphatic rings. The fourth-order valence-corrected chi connectivity index (χ4v) is 7.41. The predicted molar refractivity (Wildman–Crippen MR) is 209 cm³/mol. The van der Waals surface area contributed by atoms with E-state index in [9.17, 15) is 14.7 Å².